The van der Waals surface area contributed by atoms with Crippen LogP contribution >= 0.6 is 0 Å². The van der Waals surface area contributed by atoms with Gasteiger partial charge < -0.3 is 20.3 Å². The summed E-state index contributed by atoms with van der Waals surface area (Å²) in [5.74, 6) is -0.0571. The van der Waals surface area contributed by atoms with Crippen LogP contribution in [-0.2, 0) is 14.3 Å². The third-order valence-corrected chi connectivity index (χ3v) is 16.4. The van der Waals surface area contributed by atoms with Crippen LogP contribution in [0.2, 0.25) is 0 Å². The predicted octanol–water partition coefficient (Wildman–Crippen LogP) is 22.7. The molecule has 0 bridgehead atoms. The third kappa shape index (κ3) is 63.3. The quantitative estimate of drug-likeness (QED) is 0.0320. The van der Waals surface area contributed by atoms with Crippen LogP contribution in [0.4, 0.5) is 0 Å². The van der Waals surface area contributed by atoms with Crippen LogP contribution < -0.4 is 5.32 Å². The van der Waals surface area contributed by atoms with E-state index in [0.717, 1.165) is 51.4 Å². The van der Waals surface area contributed by atoms with E-state index in [9.17, 15) is 19.8 Å². The maximum Gasteiger partial charge on any atom is 0.305 e. The van der Waals surface area contributed by atoms with Crippen LogP contribution in [0, 0.1) is 0 Å². The lowest BCUT2D eigenvalue weighted by Gasteiger charge is -2.20. The third-order valence-electron chi connectivity index (χ3n) is 16.4. The van der Waals surface area contributed by atoms with Crippen molar-refractivity contribution in [3.8, 4) is 0 Å². The molecule has 0 aromatic heterocycles. The summed E-state index contributed by atoms with van der Waals surface area (Å²) < 4.78 is 5.51. The lowest BCUT2D eigenvalue weighted by atomic mass is 10.0. The highest BCUT2D eigenvalue weighted by Gasteiger charge is 2.18. The first-order chi connectivity index (χ1) is 38.5. The molecule has 460 valence electrons. The molecule has 0 saturated carbocycles. The number of ether oxygens (including phenoxy) is 1. The molecule has 0 aromatic rings. The molecule has 1 amide bonds. The molecule has 0 radical (unpaired) electrons. The van der Waals surface area contributed by atoms with Gasteiger partial charge in [-0.25, -0.2) is 0 Å². The number of esters is 1. The predicted molar refractivity (Wildman–Crippen MR) is 343 cm³/mol. The van der Waals surface area contributed by atoms with Crippen LogP contribution in [-0.4, -0.2) is 47.4 Å². The van der Waals surface area contributed by atoms with Gasteiger partial charge >= 0.3 is 5.97 Å². The van der Waals surface area contributed by atoms with E-state index in [1.54, 1.807) is 6.08 Å². The maximum absolute atomic E-state index is 12.5. The van der Waals surface area contributed by atoms with Crippen LogP contribution in [0.25, 0.3) is 0 Å². The number of nitrogens with one attached hydrogen (secondary N) is 1. The molecule has 0 heterocycles. The molecule has 6 heteroatoms. The molecule has 0 aliphatic heterocycles. The van der Waals surface area contributed by atoms with Gasteiger partial charge in [-0.1, -0.05) is 346 Å². The molecule has 0 saturated heterocycles. The number of hydrogen-bond donors (Lipinski definition) is 3. The number of carbonyl (C=O) groups is 2. The summed E-state index contributed by atoms with van der Waals surface area (Å²) in [5, 5.41) is 23.2. The van der Waals surface area contributed by atoms with Crippen molar-refractivity contribution in [3.63, 3.8) is 0 Å². The number of allylic oxidation sites excluding steroid dienone is 5. The summed E-state index contributed by atoms with van der Waals surface area (Å²) in [6.07, 6.45) is 86.4. The van der Waals surface area contributed by atoms with E-state index in [-0.39, 0.29) is 18.5 Å². The molecule has 0 rings (SSSR count). The normalized spacial score (nSPS) is 12.7. The summed E-state index contributed by atoms with van der Waals surface area (Å²) in [6, 6.07) is -0.630. The zero-order valence-electron chi connectivity index (χ0n) is 52.7. The molecule has 0 spiro atoms. The Labute approximate surface area is 487 Å². The Morgan fingerprint density at radius 2 is 0.641 bits per heavy atom. The Hall–Kier alpha value is -1.92. The van der Waals surface area contributed by atoms with Gasteiger partial charge in [0, 0.05) is 12.8 Å². The second-order valence-electron chi connectivity index (χ2n) is 24.2. The van der Waals surface area contributed by atoms with Gasteiger partial charge in [-0.2, -0.15) is 0 Å². The summed E-state index contributed by atoms with van der Waals surface area (Å²) in [5.41, 5.74) is 0. The monoisotopic (exact) mass is 1100 g/mol. The van der Waals surface area contributed by atoms with Gasteiger partial charge in [-0.05, 0) is 64.2 Å². The summed E-state index contributed by atoms with van der Waals surface area (Å²) >= 11 is 0. The first-order valence-electron chi connectivity index (χ1n) is 35.3. The van der Waals surface area contributed by atoms with Gasteiger partial charge in [0.1, 0.15) is 0 Å². The van der Waals surface area contributed by atoms with Crippen molar-refractivity contribution >= 4 is 11.9 Å². The lowest BCUT2D eigenvalue weighted by molar-refractivity contribution is -0.143. The second kappa shape index (κ2) is 67.6. The van der Waals surface area contributed by atoms with Gasteiger partial charge in [0.15, 0.2) is 0 Å². The SMILES string of the molecule is CCCCC/C=C\C/C=C\CCCCCCCCCCCC(=O)OCCCCCCCCCCCCCCCCCCCCCCCC(=O)NC(CO)C(O)/C=C/CCCCCCCCCCCCCCCCCCCCC. The summed E-state index contributed by atoms with van der Waals surface area (Å²) in [7, 11) is 0. The Balaban J connectivity index is 3.40. The minimum atomic E-state index is -0.847. The molecule has 0 aliphatic carbocycles. The number of hydrogen-bond acceptors (Lipinski definition) is 5. The number of aliphatic hydroxyl groups excluding tert-OH is 2. The molecule has 2 unspecified atom stereocenters. The van der Waals surface area contributed by atoms with Gasteiger partial charge in [0.05, 0.1) is 25.4 Å². The van der Waals surface area contributed by atoms with Crippen molar-refractivity contribution < 1.29 is 24.5 Å². The summed E-state index contributed by atoms with van der Waals surface area (Å²) in [6.45, 7) is 4.91. The van der Waals surface area contributed by atoms with Gasteiger partial charge in [-0.15, -0.1) is 0 Å². The van der Waals surface area contributed by atoms with E-state index in [2.05, 4.69) is 43.5 Å². The average Bonchev–Trinajstić information content (AvgIpc) is 3.44. The molecule has 78 heavy (non-hydrogen) atoms. The van der Waals surface area contributed by atoms with Crippen LogP contribution in [0.15, 0.2) is 36.5 Å². The largest absolute Gasteiger partial charge is 0.466 e. The number of aliphatic hydroxyl groups is 2. The Kier molecular flexibility index (Phi) is 65.9. The fraction of sp³-hybridized carbons (Fsp3) is 0.889. The smallest absolute Gasteiger partial charge is 0.305 e. The second-order valence-corrected chi connectivity index (χ2v) is 24.2. The van der Waals surface area contributed by atoms with E-state index in [4.69, 9.17) is 4.74 Å². The highest BCUT2D eigenvalue weighted by atomic mass is 16.5. The van der Waals surface area contributed by atoms with E-state index in [1.807, 2.05) is 6.08 Å². The lowest BCUT2D eigenvalue weighted by Crippen LogP contribution is -2.45. The highest BCUT2D eigenvalue weighted by molar-refractivity contribution is 5.76. The van der Waals surface area contributed by atoms with Crippen LogP contribution in [0.5, 0.6) is 0 Å². The van der Waals surface area contributed by atoms with Crippen LogP contribution in [0.3, 0.4) is 0 Å². The molecule has 2 atom stereocenters. The van der Waals surface area contributed by atoms with Crippen molar-refractivity contribution in [2.75, 3.05) is 13.2 Å². The van der Waals surface area contributed by atoms with E-state index >= 15 is 0 Å². The molecular formula is C72H137NO5. The molecule has 0 fully saturated rings. The number of carbonyl (C=O) groups excluding carboxylic acids is 2. The van der Waals surface area contributed by atoms with Crippen molar-refractivity contribution in [2.45, 2.75) is 398 Å². The minimum absolute atomic E-state index is 0.00829. The standard InChI is InChI=1S/C72H137NO5/c1-3-5-7-9-11-13-15-17-19-21-23-25-29-32-36-40-44-48-52-56-60-64-70(75)69(68-74)73-71(76)65-61-57-53-49-45-41-37-33-30-26-24-27-31-35-39-43-47-51-55-59-63-67-78-72(77)66-62-58-54-50-46-42-38-34-28-22-20-18-16-14-12-10-8-6-4-2/h12,14,18,20,60,64,69-70,74-75H,3-11,13,15-17,19,21-59,61-63,65-68H2,1-2H3,(H,73,76)/b14-12-,20-18-,64-60+. The van der Waals surface area contributed by atoms with Gasteiger partial charge in [0.25, 0.3) is 0 Å². The Morgan fingerprint density at radius 3 is 1.00 bits per heavy atom. The summed E-state index contributed by atoms with van der Waals surface area (Å²) in [4.78, 5) is 24.6. The minimum Gasteiger partial charge on any atom is -0.466 e. The number of unbranched alkanes of at least 4 members (excludes halogenated alkanes) is 51. The topological polar surface area (TPSA) is 95.9 Å². The maximum atomic E-state index is 12.5. The van der Waals surface area contributed by atoms with Crippen molar-refractivity contribution in [2.24, 2.45) is 0 Å². The van der Waals surface area contributed by atoms with Crippen molar-refractivity contribution in [3.05, 3.63) is 36.5 Å². The van der Waals surface area contributed by atoms with E-state index in [1.165, 1.54) is 308 Å². The molecule has 0 aliphatic rings. The Morgan fingerprint density at radius 1 is 0.359 bits per heavy atom. The number of rotatable bonds is 66. The Bertz CT molecular complexity index is 1260. The van der Waals surface area contributed by atoms with Crippen molar-refractivity contribution in [1.82, 2.24) is 5.32 Å². The highest BCUT2D eigenvalue weighted by Crippen LogP contribution is 2.19. The van der Waals surface area contributed by atoms with Gasteiger partial charge in [0.2, 0.25) is 5.91 Å². The van der Waals surface area contributed by atoms with Crippen molar-refractivity contribution in [1.29, 1.82) is 0 Å². The van der Waals surface area contributed by atoms with E-state index < -0.39 is 12.1 Å². The zero-order chi connectivity index (χ0) is 56.4. The fourth-order valence-electron chi connectivity index (χ4n) is 11.0. The molecule has 0 aromatic carbocycles. The van der Waals surface area contributed by atoms with E-state index in [0.29, 0.717) is 19.4 Å². The first-order valence-corrected chi connectivity index (χ1v) is 35.3. The average molecular weight is 1100 g/mol. The zero-order valence-corrected chi connectivity index (χ0v) is 52.7. The molecule has 6 nitrogen and oxygen atoms in total. The first kappa shape index (κ1) is 76.1. The number of amides is 1. The van der Waals surface area contributed by atoms with Gasteiger partial charge in [-0.3, -0.25) is 9.59 Å². The fourth-order valence-corrected chi connectivity index (χ4v) is 11.0. The molecular weight excluding hydrogens is 959 g/mol. The van der Waals surface area contributed by atoms with Crippen LogP contribution in [0.1, 0.15) is 386 Å². The molecule has 3 N–H and O–H groups in total.